The van der Waals surface area contributed by atoms with Gasteiger partial charge in [0.1, 0.15) is 11.5 Å². The lowest BCUT2D eigenvalue weighted by molar-refractivity contribution is -0.122. The highest BCUT2D eigenvalue weighted by Gasteiger charge is 2.16. The molecule has 1 atom stereocenters. The van der Waals surface area contributed by atoms with Crippen molar-refractivity contribution in [2.75, 3.05) is 22.9 Å². The molecule has 2 aromatic rings. The lowest BCUT2D eigenvalue weighted by atomic mass is 10.2. The number of ether oxygens (including phenoxy) is 2. The topological polar surface area (TPSA) is 84.9 Å². The third-order valence-corrected chi connectivity index (χ3v) is 5.06. The fourth-order valence-electron chi connectivity index (χ4n) is 2.35. The molecule has 7 nitrogen and oxygen atoms in total. The van der Waals surface area contributed by atoms with Crippen LogP contribution in [0.3, 0.4) is 0 Å². The maximum Gasteiger partial charge on any atom is 0.265 e. The van der Waals surface area contributed by atoms with Gasteiger partial charge in [0.2, 0.25) is 10.0 Å². The summed E-state index contributed by atoms with van der Waals surface area (Å²) in [7, 11) is -1.86. The zero-order valence-corrected chi connectivity index (χ0v) is 17.5. The summed E-state index contributed by atoms with van der Waals surface area (Å²) in [5.41, 5.74) is 1.12. The van der Waals surface area contributed by atoms with Crippen LogP contribution in [0.1, 0.15) is 20.8 Å². The smallest absolute Gasteiger partial charge is 0.265 e. The van der Waals surface area contributed by atoms with Gasteiger partial charge in [0, 0.05) is 18.8 Å². The van der Waals surface area contributed by atoms with Crippen molar-refractivity contribution in [2.24, 2.45) is 0 Å². The molecule has 0 saturated carbocycles. The first-order chi connectivity index (χ1) is 13.1. The summed E-state index contributed by atoms with van der Waals surface area (Å²) < 4.78 is 35.6. The first-order valence-electron chi connectivity index (χ1n) is 8.84. The average Bonchev–Trinajstić information content (AvgIpc) is 2.60. The van der Waals surface area contributed by atoms with E-state index in [0.717, 1.165) is 6.26 Å². The number of nitrogens with one attached hydrogen (secondary N) is 1. The van der Waals surface area contributed by atoms with Gasteiger partial charge in [-0.3, -0.25) is 9.10 Å². The van der Waals surface area contributed by atoms with Gasteiger partial charge in [-0.15, -0.1) is 0 Å². The van der Waals surface area contributed by atoms with Crippen LogP contribution in [0.2, 0.25) is 0 Å². The SMILES string of the molecule is CC(C)Oc1cccc(NC(=O)[C@@H](C)Oc2ccc(N(C)S(C)(=O)=O)cc2)c1. The van der Waals surface area contributed by atoms with Crippen LogP contribution in [0.25, 0.3) is 0 Å². The lowest BCUT2D eigenvalue weighted by Crippen LogP contribution is -2.30. The molecular weight excluding hydrogens is 380 g/mol. The normalized spacial score (nSPS) is 12.4. The van der Waals surface area contributed by atoms with Crippen molar-refractivity contribution in [1.82, 2.24) is 0 Å². The molecule has 0 unspecified atom stereocenters. The number of amides is 1. The summed E-state index contributed by atoms with van der Waals surface area (Å²) >= 11 is 0. The van der Waals surface area contributed by atoms with Crippen LogP contribution in [0.4, 0.5) is 11.4 Å². The number of hydrogen-bond donors (Lipinski definition) is 1. The first kappa shape index (κ1) is 21.6. The minimum atomic E-state index is -3.33. The third-order valence-electron chi connectivity index (χ3n) is 3.85. The van der Waals surface area contributed by atoms with E-state index in [0.29, 0.717) is 22.9 Å². The van der Waals surface area contributed by atoms with Crippen molar-refractivity contribution in [2.45, 2.75) is 33.0 Å². The summed E-state index contributed by atoms with van der Waals surface area (Å²) in [6, 6.07) is 13.6. The van der Waals surface area contributed by atoms with E-state index >= 15 is 0 Å². The van der Waals surface area contributed by atoms with E-state index in [1.165, 1.54) is 11.4 Å². The van der Waals surface area contributed by atoms with E-state index in [4.69, 9.17) is 9.47 Å². The Hall–Kier alpha value is -2.74. The Morgan fingerprint density at radius 2 is 1.64 bits per heavy atom. The van der Waals surface area contributed by atoms with Crippen molar-refractivity contribution in [3.8, 4) is 11.5 Å². The van der Waals surface area contributed by atoms with Crippen LogP contribution in [-0.2, 0) is 14.8 Å². The molecule has 0 aromatic heterocycles. The van der Waals surface area contributed by atoms with Crippen LogP contribution < -0.4 is 19.1 Å². The number of carbonyl (C=O) groups is 1. The first-order valence-corrected chi connectivity index (χ1v) is 10.7. The highest BCUT2D eigenvalue weighted by Crippen LogP contribution is 2.22. The quantitative estimate of drug-likeness (QED) is 0.727. The number of sulfonamides is 1. The number of anilines is 2. The monoisotopic (exact) mass is 406 g/mol. The molecule has 0 bridgehead atoms. The summed E-state index contributed by atoms with van der Waals surface area (Å²) in [6.07, 6.45) is 0.427. The predicted molar refractivity (Wildman–Crippen MR) is 111 cm³/mol. The number of rotatable bonds is 8. The second-order valence-electron chi connectivity index (χ2n) is 6.67. The van der Waals surface area contributed by atoms with Gasteiger partial charge in [-0.25, -0.2) is 8.42 Å². The van der Waals surface area contributed by atoms with Gasteiger partial charge < -0.3 is 14.8 Å². The Labute approximate surface area is 166 Å². The Morgan fingerprint density at radius 1 is 1.00 bits per heavy atom. The van der Waals surface area contributed by atoms with Gasteiger partial charge >= 0.3 is 0 Å². The van der Waals surface area contributed by atoms with Crippen molar-refractivity contribution >= 4 is 27.3 Å². The van der Waals surface area contributed by atoms with Gasteiger partial charge in [0.15, 0.2) is 6.10 Å². The predicted octanol–water partition coefficient (Wildman–Crippen LogP) is 3.28. The largest absolute Gasteiger partial charge is 0.491 e. The average molecular weight is 407 g/mol. The molecule has 0 fully saturated rings. The van der Waals surface area contributed by atoms with Gasteiger partial charge in [0.05, 0.1) is 18.0 Å². The van der Waals surface area contributed by atoms with E-state index in [9.17, 15) is 13.2 Å². The van der Waals surface area contributed by atoms with Crippen LogP contribution in [0.15, 0.2) is 48.5 Å². The Morgan fingerprint density at radius 3 is 2.21 bits per heavy atom. The molecule has 0 radical (unpaired) electrons. The second-order valence-corrected chi connectivity index (χ2v) is 8.68. The molecule has 8 heteroatoms. The van der Waals surface area contributed by atoms with Crippen LogP contribution in [-0.4, -0.2) is 39.8 Å². The molecule has 152 valence electrons. The molecular formula is C20H26N2O5S. The van der Waals surface area contributed by atoms with Crippen molar-refractivity contribution in [1.29, 1.82) is 0 Å². The summed E-state index contributed by atoms with van der Waals surface area (Å²) in [4.78, 5) is 12.4. The van der Waals surface area contributed by atoms with E-state index in [1.54, 1.807) is 49.4 Å². The molecule has 28 heavy (non-hydrogen) atoms. The number of carbonyl (C=O) groups excluding carboxylic acids is 1. The summed E-state index contributed by atoms with van der Waals surface area (Å²) in [6.45, 7) is 5.50. The fraction of sp³-hybridized carbons (Fsp3) is 0.350. The summed E-state index contributed by atoms with van der Waals surface area (Å²) in [5.74, 6) is 0.830. The zero-order chi connectivity index (χ0) is 20.9. The van der Waals surface area contributed by atoms with Crippen molar-refractivity contribution < 1.29 is 22.7 Å². The fourth-order valence-corrected chi connectivity index (χ4v) is 2.85. The van der Waals surface area contributed by atoms with Gasteiger partial charge in [-0.1, -0.05) is 6.07 Å². The highest BCUT2D eigenvalue weighted by molar-refractivity contribution is 7.92. The molecule has 0 aliphatic heterocycles. The van der Waals surface area contributed by atoms with Crippen LogP contribution in [0.5, 0.6) is 11.5 Å². The standard InChI is InChI=1S/C20H26N2O5S/c1-14(2)26-19-8-6-7-16(13-19)21-20(23)15(3)27-18-11-9-17(10-12-18)22(4)28(5,24)25/h6-15H,1-5H3,(H,21,23)/t15-/m1/s1. The Balaban J connectivity index is 1.99. The van der Waals surface area contributed by atoms with Crippen LogP contribution >= 0.6 is 0 Å². The molecule has 0 heterocycles. The lowest BCUT2D eigenvalue weighted by Gasteiger charge is -2.18. The third kappa shape index (κ3) is 6.16. The molecule has 0 saturated heterocycles. The maximum absolute atomic E-state index is 12.4. The molecule has 1 N–H and O–H groups in total. The number of hydrogen-bond acceptors (Lipinski definition) is 5. The van der Waals surface area contributed by atoms with Crippen molar-refractivity contribution in [3.05, 3.63) is 48.5 Å². The minimum absolute atomic E-state index is 0.0397. The summed E-state index contributed by atoms with van der Waals surface area (Å²) in [5, 5.41) is 2.79. The Bertz CT molecular complexity index is 910. The molecule has 2 aromatic carbocycles. The number of nitrogens with zero attached hydrogens (tertiary/aromatic N) is 1. The molecule has 0 spiro atoms. The molecule has 0 aliphatic rings. The minimum Gasteiger partial charge on any atom is -0.491 e. The zero-order valence-electron chi connectivity index (χ0n) is 16.7. The number of benzene rings is 2. The van der Waals surface area contributed by atoms with Crippen LogP contribution in [0, 0.1) is 0 Å². The molecule has 0 aliphatic carbocycles. The van der Waals surface area contributed by atoms with E-state index < -0.39 is 16.1 Å². The highest BCUT2D eigenvalue weighted by atomic mass is 32.2. The Kier molecular flexibility index (Phi) is 6.90. The van der Waals surface area contributed by atoms with Crippen molar-refractivity contribution in [3.63, 3.8) is 0 Å². The van der Waals surface area contributed by atoms with E-state index in [1.807, 2.05) is 19.9 Å². The second kappa shape index (κ2) is 8.97. The van der Waals surface area contributed by atoms with E-state index in [-0.39, 0.29) is 12.0 Å². The molecule has 1 amide bonds. The maximum atomic E-state index is 12.4. The van der Waals surface area contributed by atoms with Gasteiger partial charge in [0.25, 0.3) is 5.91 Å². The van der Waals surface area contributed by atoms with Gasteiger partial charge in [-0.05, 0) is 57.2 Å². The van der Waals surface area contributed by atoms with Gasteiger partial charge in [-0.2, -0.15) is 0 Å². The van der Waals surface area contributed by atoms with E-state index in [2.05, 4.69) is 5.32 Å². The molecule has 2 rings (SSSR count).